The fraction of sp³-hybridized carbons (Fsp3) is 0.429. The van der Waals surface area contributed by atoms with Gasteiger partial charge < -0.3 is 20.7 Å². The molecule has 1 aliphatic rings. The van der Waals surface area contributed by atoms with Gasteiger partial charge in [0, 0.05) is 18.8 Å². The lowest BCUT2D eigenvalue weighted by Crippen LogP contribution is -2.55. The summed E-state index contributed by atoms with van der Waals surface area (Å²) in [5.74, 6) is -0.119. The van der Waals surface area contributed by atoms with Crippen LogP contribution in [0.15, 0.2) is 30.6 Å². The molecule has 29 heavy (non-hydrogen) atoms. The van der Waals surface area contributed by atoms with Crippen LogP contribution in [-0.4, -0.2) is 40.3 Å². The molecule has 1 unspecified atom stereocenters. The van der Waals surface area contributed by atoms with E-state index in [9.17, 15) is 9.59 Å². The van der Waals surface area contributed by atoms with Crippen LogP contribution < -0.4 is 15.8 Å². The van der Waals surface area contributed by atoms with Gasteiger partial charge in [-0.2, -0.15) is 0 Å². The smallest absolute Gasteiger partial charge is 0.313 e. The molecule has 0 spiro atoms. The standard InChI is InChI=1S/C21H27N5O3/c1-13-5-7-21(3,15-6-8-23-17(10-15)29-4)26(12-13)20(28)19(27)25-16-9-14(2)18(22)24-11-16/h6,8-11,13H,5,7,12H2,1-4H3,(H2,22,24)(H,25,27)/t13-,21?/m0/s1. The van der Waals surface area contributed by atoms with Gasteiger partial charge in [-0.3, -0.25) is 9.59 Å². The van der Waals surface area contributed by atoms with Crippen molar-refractivity contribution in [2.75, 3.05) is 24.7 Å². The number of aromatic nitrogens is 2. The molecule has 3 heterocycles. The molecule has 2 aromatic heterocycles. The summed E-state index contributed by atoms with van der Waals surface area (Å²) >= 11 is 0. The number of nitrogens with one attached hydrogen (secondary N) is 1. The zero-order valence-electron chi connectivity index (χ0n) is 17.2. The number of ether oxygens (including phenoxy) is 1. The number of anilines is 2. The fourth-order valence-electron chi connectivity index (χ4n) is 3.69. The second-order valence-corrected chi connectivity index (χ2v) is 7.80. The van der Waals surface area contributed by atoms with Gasteiger partial charge in [-0.1, -0.05) is 6.92 Å². The quantitative estimate of drug-likeness (QED) is 0.770. The number of hydrogen-bond acceptors (Lipinski definition) is 6. The highest BCUT2D eigenvalue weighted by atomic mass is 16.5. The molecule has 8 nitrogen and oxygen atoms in total. The molecule has 3 rings (SSSR count). The van der Waals surface area contributed by atoms with Crippen molar-refractivity contribution in [1.29, 1.82) is 0 Å². The van der Waals surface area contributed by atoms with Crippen molar-refractivity contribution in [3.8, 4) is 5.88 Å². The zero-order valence-corrected chi connectivity index (χ0v) is 17.2. The molecule has 1 fully saturated rings. The van der Waals surface area contributed by atoms with Gasteiger partial charge in [0.1, 0.15) is 5.82 Å². The van der Waals surface area contributed by atoms with Gasteiger partial charge in [0.2, 0.25) is 5.88 Å². The van der Waals surface area contributed by atoms with Crippen molar-refractivity contribution in [2.45, 2.75) is 39.2 Å². The summed E-state index contributed by atoms with van der Waals surface area (Å²) < 4.78 is 5.24. The average molecular weight is 397 g/mol. The van der Waals surface area contributed by atoms with Gasteiger partial charge in [-0.15, -0.1) is 0 Å². The Bertz CT molecular complexity index is 932. The first kappa shape index (κ1) is 20.6. The minimum Gasteiger partial charge on any atom is -0.481 e. The molecular weight excluding hydrogens is 370 g/mol. The number of methoxy groups -OCH3 is 1. The van der Waals surface area contributed by atoms with E-state index >= 15 is 0 Å². The largest absolute Gasteiger partial charge is 0.481 e. The van der Waals surface area contributed by atoms with E-state index in [0.717, 1.165) is 24.0 Å². The molecule has 0 radical (unpaired) electrons. The van der Waals surface area contributed by atoms with Crippen LogP contribution in [0.3, 0.4) is 0 Å². The third-order valence-electron chi connectivity index (χ3n) is 5.60. The van der Waals surface area contributed by atoms with Crippen LogP contribution >= 0.6 is 0 Å². The maximum Gasteiger partial charge on any atom is 0.313 e. The number of carbonyl (C=O) groups excluding carboxylic acids is 2. The van der Waals surface area contributed by atoms with Crippen LogP contribution in [0.2, 0.25) is 0 Å². The first-order chi connectivity index (χ1) is 13.7. The monoisotopic (exact) mass is 397 g/mol. The molecule has 0 aliphatic carbocycles. The number of aryl methyl sites for hydroxylation is 1. The molecule has 0 aromatic carbocycles. The Morgan fingerprint density at radius 3 is 2.79 bits per heavy atom. The second kappa shape index (κ2) is 8.06. The predicted molar refractivity (Wildman–Crippen MR) is 110 cm³/mol. The Morgan fingerprint density at radius 1 is 1.34 bits per heavy atom. The summed E-state index contributed by atoms with van der Waals surface area (Å²) in [6.07, 6.45) is 4.79. The van der Waals surface area contributed by atoms with Crippen molar-refractivity contribution in [3.05, 3.63) is 41.7 Å². The molecule has 2 aromatic rings. The van der Waals surface area contributed by atoms with Crippen LogP contribution in [0.4, 0.5) is 11.5 Å². The summed E-state index contributed by atoms with van der Waals surface area (Å²) in [5.41, 5.74) is 7.15. The number of rotatable bonds is 3. The molecule has 2 atom stereocenters. The third kappa shape index (κ3) is 4.16. The lowest BCUT2D eigenvalue weighted by Gasteiger charge is -2.47. The lowest BCUT2D eigenvalue weighted by molar-refractivity contribution is -0.150. The Balaban J connectivity index is 1.88. The molecule has 1 aliphatic heterocycles. The highest BCUT2D eigenvalue weighted by Gasteiger charge is 2.43. The van der Waals surface area contributed by atoms with E-state index < -0.39 is 17.4 Å². The van der Waals surface area contributed by atoms with Crippen molar-refractivity contribution < 1.29 is 14.3 Å². The van der Waals surface area contributed by atoms with Gasteiger partial charge in [-0.05, 0) is 55.9 Å². The summed E-state index contributed by atoms with van der Waals surface area (Å²) in [6, 6.07) is 5.38. The van der Waals surface area contributed by atoms with E-state index in [1.807, 2.05) is 19.1 Å². The number of carbonyl (C=O) groups is 2. The highest BCUT2D eigenvalue weighted by Crippen LogP contribution is 2.40. The molecule has 3 N–H and O–H groups in total. The minimum atomic E-state index is -0.697. The summed E-state index contributed by atoms with van der Waals surface area (Å²) in [7, 11) is 1.55. The van der Waals surface area contributed by atoms with Gasteiger partial charge >= 0.3 is 11.8 Å². The molecular formula is C21H27N5O3. The zero-order chi connectivity index (χ0) is 21.2. The maximum atomic E-state index is 13.2. The Morgan fingerprint density at radius 2 is 2.10 bits per heavy atom. The van der Waals surface area contributed by atoms with Crippen LogP contribution in [0.25, 0.3) is 0 Å². The van der Waals surface area contributed by atoms with Crippen LogP contribution in [0, 0.1) is 12.8 Å². The number of nitrogen functional groups attached to an aromatic ring is 1. The van der Waals surface area contributed by atoms with Crippen LogP contribution in [0.5, 0.6) is 5.88 Å². The summed E-state index contributed by atoms with van der Waals surface area (Å²) in [4.78, 5) is 35.8. The van der Waals surface area contributed by atoms with Gasteiger partial charge in [0.25, 0.3) is 0 Å². The summed E-state index contributed by atoms with van der Waals surface area (Å²) in [5, 5.41) is 2.65. The molecule has 1 saturated heterocycles. The Hall–Kier alpha value is -3.16. The van der Waals surface area contributed by atoms with E-state index in [1.54, 1.807) is 31.2 Å². The molecule has 0 saturated carbocycles. The first-order valence-electron chi connectivity index (χ1n) is 9.60. The Kier molecular flexibility index (Phi) is 5.72. The topological polar surface area (TPSA) is 110 Å². The fourth-order valence-corrected chi connectivity index (χ4v) is 3.69. The van der Waals surface area contributed by atoms with E-state index in [0.29, 0.717) is 29.8 Å². The molecule has 0 bridgehead atoms. The van der Waals surface area contributed by atoms with Gasteiger partial charge in [0.15, 0.2) is 0 Å². The van der Waals surface area contributed by atoms with Crippen LogP contribution in [0.1, 0.15) is 37.8 Å². The number of piperidine rings is 1. The highest BCUT2D eigenvalue weighted by molar-refractivity contribution is 6.39. The van der Waals surface area contributed by atoms with E-state index in [2.05, 4.69) is 22.2 Å². The van der Waals surface area contributed by atoms with Crippen molar-refractivity contribution >= 4 is 23.3 Å². The number of amides is 2. The van der Waals surface area contributed by atoms with Crippen molar-refractivity contribution in [2.24, 2.45) is 5.92 Å². The number of nitrogens with two attached hydrogens (primary N) is 1. The minimum absolute atomic E-state index is 0.295. The second-order valence-electron chi connectivity index (χ2n) is 7.80. The third-order valence-corrected chi connectivity index (χ3v) is 5.60. The normalized spacial score (nSPS) is 21.5. The van der Waals surface area contributed by atoms with Gasteiger partial charge in [-0.25, -0.2) is 9.97 Å². The number of likely N-dealkylation sites (tertiary alicyclic amines) is 1. The van der Waals surface area contributed by atoms with Crippen molar-refractivity contribution in [1.82, 2.24) is 14.9 Å². The Labute approximate surface area is 170 Å². The van der Waals surface area contributed by atoms with Crippen molar-refractivity contribution in [3.63, 3.8) is 0 Å². The van der Waals surface area contributed by atoms with Gasteiger partial charge in [0.05, 0.1) is 24.5 Å². The molecule has 2 amide bonds. The SMILES string of the molecule is COc1cc(C2(C)CC[C@H](C)CN2C(=O)C(=O)Nc2cnc(N)c(C)c2)ccn1. The maximum absolute atomic E-state index is 13.2. The molecule has 154 valence electrons. The van der Waals surface area contributed by atoms with E-state index in [-0.39, 0.29) is 0 Å². The van der Waals surface area contributed by atoms with E-state index in [4.69, 9.17) is 10.5 Å². The number of hydrogen-bond donors (Lipinski definition) is 2. The molecule has 8 heteroatoms. The lowest BCUT2D eigenvalue weighted by atomic mass is 9.79. The first-order valence-corrected chi connectivity index (χ1v) is 9.60. The number of pyridine rings is 2. The number of nitrogens with zero attached hydrogens (tertiary/aromatic N) is 3. The predicted octanol–water partition coefficient (Wildman–Crippen LogP) is 2.49. The van der Waals surface area contributed by atoms with Crippen LogP contribution in [-0.2, 0) is 15.1 Å². The van der Waals surface area contributed by atoms with E-state index in [1.165, 1.54) is 6.20 Å². The summed E-state index contributed by atoms with van der Waals surface area (Å²) in [6.45, 7) is 6.35. The average Bonchev–Trinajstić information content (AvgIpc) is 2.72.